The van der Waals surface area contributed by atoms with Crippen LogP contribution in [-0.4, -0.2) is 27.3 Å². The number of hydrogen-bond acceptors (Lipinski definition) is 2. The Labute approximate surface area is 109 Å². The molecule has 0 bridgehead atoms. The molecule has 0 amide bonds. The third-order valence-corrected chi connectivity index (χ3v) is 3.73. The van der Waals surface area contributed by atoms with Gasteiger partial charge in [0.05, 0.1) is 21.9 Å². The summed E-state index contributed by atoms with van der Waals surface area (Å²) in [6, 6.07) is 1.61. The van der Waals surface area contributed by atoms with Crippen LogP contribution in [0.3, 0.4) is 0 Å². The van der Waals surface area contributed by atoms with Gasteiger partial charge in [-0.25, -0.2) is 4.79 Å². The van der Waals surface area contributed by atoms with E-state index in [0.29, 0.717) is 12.1 Å². The van der Waals surface area contributed by atoms with Crippen molar-refractivity contribution in [2.45, 2.75) is 44.9 Å². The molecule has 1 aromatic rings. The topological polar surface area (TPSA) is 51.5 Å². The van der Waals surface area contributed by atoms with Crippen LogP contribution < -0.4 is 0 Å². The van der Waals surface area contributed by atoms with Crippen LogP contribution in [0.25, 0.3) is 0 Å². The first-order valence-electron chi connectivity index (χ1n) is 5.64. The first-order valence-corrected chi connectivity index (χ1v) is 6.43. The molecule has 0 saturated carbocycles. The molecular formula is C12H16BrNO3. The van der Waals surface area contributed by atoms with Gasteiger partial charge in [-0.1, -0.05) is 0 Å². The zero-order valence-corrected chi connectivity index (χ0v) is 11.5. The minimum Gasteiger partial charge on any atom is -0.478 e. The molecule has 1 unspecified atom stereocenters. The summed E-state index contributed by atoms with van der Waals surface area (Å²) < 4.78 is 8.55. The predicted octanol–water partition coefficient (Wildman–Crippen LogP) is 2.91. The molecule has 0 aromatic carbocycles. The van der Waals surface area contributed by atoms with E-state index < -0.39 is 5.97 Å². The molecule has 0 aliphatic carbocycles. The van der Waals surface area contributed by atoms with Gasteiger partial charge in [0.1, 0.15) is 0 Å². The lowest BCUT2D eigenvalue weighted by Crippen LogP contribution is -2.22. The average molecular weight is 302 g/mol. The number of carboxylic acids is 1. The minimum absolute atomic E-state index is 0.0556. The Morgan fingerprint density at radius 3 is 2.88 bits per heavy atom. The lowest BCUT2D eigenvalue weighted by atomic mass is 10.1. The highest BCUT2D eigenvalue weighted by Gasteiger charge is 2.31. The number of aromatic carboxylic acids is 1. The van der Waals surface area contributed by atoms with E-state index >= 15 is 0 Å². The van der Waals surface area contributed by atoms with Gasteiger partial charge in [-0.2, -0.15) is 0 Å². The van der Waals surface area contributed by atoms with Crippen molar-refractivity contribution in [3.05, 3.63) is 22.4 Å². The first kappa shape index (κ1) is 12.6. The monoisotopic (exact) mass is 301 g/mol. The molecule has 1 saturated heterocycles. The highest BCUT2D eigenvalue weighted by Crippen LogP contribution is 2.31. The number of carbonyl (C=O) groups is 1. The summed E-state index contributed by atoms with van der Waals surface area (Å²) in [5.74, 6) is -0.905. The molecule has 1 fully saturated rings. The fourth-order valence-corrected chi connectivity index (χ4v) is 2.65. The highest BCUT2D eigenvalue weighted by atomic mass is 79.9. The number of hydrogen-bond donors (Lipinski definition) is 1. The van der Waals surface area contributed by atoms with Gasteiger partial charge < -0.3 is 14.4 Å². The number of nitrogens with zero attached hydrogens (tertiary/aromatic N) is 1. The summed E-state index contributed by atoms with van der Waals surface area (Å²) in [6.07, 6.45) is 3.86. The molecule has 94 valence electrons. The quantitative estimate of drug-likeness (QED) is 0.934. The molecule has 1 aliphatic heterocycles. The Hall–Kier alpha value is -0.810. The molecular weight excluding hydrogens is 286 g/mol. The lowest BCUT2D eigenvalue weighted by Gasteiger charge is -2.19. The smallest absolute Gasteiger partial charge is 0.337 e. The van der Waals surface area contributed by atoms with Crippen molar-refractivity contribution in [2.75, 3.05) is 0 Å². The molecule has 0 radical (unpaired) electrons. The Kier molecular flexibility index (Phi) is 3.32. The van der Waals surface area contributed by atoms with Gasteiger partial charge in [0.15, 0.2) is 0 Å². The first-order chi connectivity index (χ1) is 7.87. The molecule has 1 N–H and O–H groups in total. The van der Waals surface area contributed by atoms with Crippen molar-refractivity contribution in [1.82, 2.24) is 4.57 Å². The fraction of sp³-hybridized carbons (Fsp3) is 0.583. The summed E-state index contributed by atoms with van der Waals surface area (Å²) in [6.45, 7) is 4.86. The fourth-order valence-electron chi connectivity index (χ4n) is 2.16. The zero-order valence-electron chi connectivity index (χ0n) is 9.94. The normalized spacial score (nSPS) is 22.9. The molecule has 1 aromatic heterocycles. The maximum atomic E-state index is 10.8. The van der Waals surface area contributed by atoms with Gasteiger partial charge in [0.2, 0.25) is 0 Å². The minimum atomic E-state index is -0.905. The van der Waals surface area contributed by atoms with Crippen LogP contribution in [0.5, 0.6) is 0 Å². The highest BCUT2D eigenvalue weighted by molar-refractivity contribution is 9.10. The average Bonchev–Trinajstić information content (AvgIpc) is 2.72. The van der Waals surface area contributed by atoms with E-state index in [0.717, 1.165) is 17.4 Å². The molecule has 1 aliphatic rings. The van der Waals surface area contributed by atoms with Gasteiger partial charge in [-0.05, 0) is 48.7 Å². The second kappa shape index (κ2) is 4.46. The predicted molar refractivity (Wildman–Crippen MR) is 67.3 cm³/mol. The Balaban J connectivity index is 2.07. The van der Waals surface area contributed by atoms with Gasteiger partial charge >= 0.3 is 5.97 Å². The number of aromatic nitrogens is 1. The molecule has 0 spiro atoms. The Morgan fingerprint density at radius 2 is 2.41 bits per heavy atom. The van der Waals surface area contributed by atoms with E-state index in [4.69, 9.17) is 9.84 Å². The van der Waals surface area contributed by atoms with Crippen LogP contribution in [0.2, 0.25) is 0 Å². The summed E-state index contributed by atoms with van der Waals surface area (Å²) in [5, 5.41) is 8.90. The molecule has 5 heteroatoms. The summed E-state index contributed by atoms with van der Waals surface area (Å²) >= 11 is 3.37. The lowest BCUT2D eigenvalue weighted by molar-refractivity contribution is -0.0218. The molecule has 2 rings (SSSR count). The summed E-state index contributed by atoms with van der Waals surface area (Å²) in [7, 11) is 0. The largest absolute Gasteiger partial charge is 0.478 e. The number of carboxylic acid groups (broad SMARTS) is 1. The second-order valence-electron chi connectivity index (χ2n) is 5.05. The van der Waals surface area contributed by atoms with Crippen molar-refractivity contribution in [3.63, 3.8) is 0 Å². The standard InChI is InChI=1S/C12H16BrNO3/c1-12(2)4-3-9(17-12)7-14-6-8(11(15)16)5-10(14)13/h5-6,9H,3-4,7H2,1-2H3,(H,15,16). The maximum absolute atomic E-state index is 10.8. The van der Waals surface area contributed by atoms with Crippen LogP contribution in [0, 0.1) is 0 Å². The Bertz CT molecular complexity index is 439. The van der Waals surface area contributed by atoms with Crippen molar-refractivity contribution >= 4 is 21.9 Å². The van der Waals surface area contributed by atoms with E-state index in [1.54, 1.807) is 12.3 Å². The van der Waals surface area contributed by atoms with E-state index in [2.05, 4.69) is 29.8 Å². The van der Waals surface area contributed by atoms with Crippen LogP contribution >= 0.6 is 15.9 Å². The molecule has 4 nitrogen and oxygen atoms in total. The molecule has 17 heavy (non-hydrogen) atoms. The van der Waals surface area contributed by atoms with Crippen LogP contribution in [0.1, 0.15) is 37.0 Å². The van der Waals surface area contributed by atoms with Gasteiger partial charge in [-0.3, -0.25) is 0 Å². The maximum Gasteiger partial charge on any atom is 0.337 e. The third-order valence-electron chi connectivity index (χ3n) is 3.05. The number of rotatable bonds is 3. The van der Waals surface area contributed by atoms with Crippen molar-refractivity contribution in [1.29, 1.82) is 0 Å². The summed E-state index contributed by atoms with van der Waals surface area (Å²) in [5.41, 5.74) is 0.244. The molecule has 2 heterocycles. The number of halogens is 1. The van der Waals surface area contributed by atoms with Crippen LogP contribution in [-0.2, 0) is 11.3 Å². The number of ether oxygens (including phenoxy) is 1. The van der Waals surface area contributed by atoms with Gasteiger partial charge in [0, 0.05) is 12.7 Å². The van der Waals surface area contributed by atoms with Crippen molar-refractivity contribution < 1.29 is 14.6 Å². The van der Waals surface area contributed by atoms with Gasteiger partial charge in [-0.15, -0.1) is 0 Å². The van der Waals surface area contributed by atoms with Gasteiger partial charge in [0.25, 0.3) is 0 Å². The van der Waals surface area contributed by atoms with E-state index in [-0.39, 0.29) is 11.7 Å². The summed E-state index contributed by atoms with van der Waals surface area (Å²) in [4.78, 5) is 10.8. The SMILES string of the molecule is CC1(C)CCC(Cn2cc(C(=O)O)cc2Br)O1. The zero-order chi connectivity index (χ0) is 12.6. The third kappa shape index (κ3) is 2.90. The Morgan fingerprint density at radius 1 is 1.71 bits per heavy atom. The van der Waals surface area contributed by atoms with Crippen LogP contribution in [0.15, 0.2) is 16.9 Å². The van der Waals surface area contributed by atoms with Crippen molar-refractivity contribution in [2.24, 2.45) is 0 Å². The van der Waals surface area contributed by atoms with Crippen molar-refractivity contribution in [3.8, 4) is 0 Å². The van der Waals surface area contributed by atoms with E-state index in [1.807, 2.05) is 4.57 Å². The second-order valence-corrected chi connectivity index (χ2v) is 5.86. The molecule has 1 atom stereocenters. The van der Waals surface area contributed by atoms with E-state index in [1.165, 1.54) is 0 Å². The van der Waals surface area contributed by atoms with Crippen LogP contribution in [0.4, 0.5) is 0 Å². The van der Waals surface area contributed by atoms with E-state index in [9.17, 15) is 4.79 Å².